The number of hydrogen-bond donors (Lipinski definition) is 0. The summed E-state index contributed by atoms with van der Waals surface area (Å²) in [7, 11) is 0. The monoisotopic (exact) mass is 233 g/mol. The summed E-state index contributed by atoms with van der Waals surface area (Å²) in [5.74, 6) is 0.192. The van der Waals surface area contributed by atoms with Gasteiger partial charge in [0.05, 0.1) is 6.61 Å². The van der Waals surface area contributed by atoms with Gasteiger partial charge in [0, 0.05) is 5.56 Å². The van der Waals surface area contributed by atoms with Gasteiger partial charge in [-0.3, -0.25) is 0 Å². The van der Waals surface area contributed by atoms with E-state index in [0.29, 0.717) is 12.5 Å². The number of carbonyl (C=O) groups excluding carboxylic acids is 1. The van der Waals surface area contributed by atoms with Crippen LogP contribution in [0.1, 0.15) is 18.1 Å². The van der Waals surface area contributed by atoms with Gasteiger partial charge >= 0.3 is 5.97 Å². The third-order valence-electron chi connectivity index (χ3n) is 2.51. The predicted octanol–water partition coefficient (Wildman–Crippen LogP) is 1.70. The fraction of sp³-hybridized carbons (Fsp3) is 0.385. The van der Waals surface area contributed by atoms with Crippen LogP contribution in [0.15, 0.2) is 29.3 Å². The normalized spacial score (nSPS) is 18.5. The van der Waals surface area contributed by atoms with Crippen LogP contribution < -0.4 is 0 Å². The van der Waals surface area contributed by atoms with Crippen molar-refractivity contribution in [2.75, 3.05) is 13.2 Å². The van der Waals surface area contributed by atoms with Gasteiger partial charge in [0.2, 0.25) is 5.90 Å². The van der Waals surface area contributed by atoms with E-state index in [1.807, 2.05) is 31.2 Å². The molecule has 2 rings (SSSR count). The number of hydrogen-bond acceptors (Lipinski definition) is 4. The standard InChI is InChI=1S/C13H15NO3/c1-3-16-13(15)11-8-17-12(14-11)10-6-4-9(2)5-7-10/h4-7,11H,3,8H2,1-2H3. The Morgan fingerprint density at radius 2 is 2.18 bits per heavy atom. The Balaban J connectivity index is 2.11. The second-order valence-electron chi connectivity index (χ2n) is 3.88. The highest BCUT2D eigenvalue weighted by Gasteiger charge is 2.27. The lowest BCUT2D eigenvalue weighted by atomic mass is 10.1. The van der Waals surface area contributed by atoms with Crippen molar-refractivity contribution in [3.63, 3.8) is 0 Å². The van der Waals surface area contributed by atoms with E-state index in [2.05, 4.69) is 4.99 Å². The molecule has 0 bridgehead atoms. The highest BCUT2D eigenvalue weighted by molar-refractivity contribution is 5.97. The fourth-order valence-corrected chi connectivity index (χ4v) is 1.59. The molecule has 0 saturated carbocycles. The Bertz CT molecular complexity index is 436. The molecule has 1 heterocycles. The van der Waals surface area contributed by atoms with E-state index in [-0.39, 0.29) is 12.6 Å². The van der Waals surface area contributed by atoms with Gasteiger partial charge in [-0.2, -0.15) is 0 Å². The largest absolute Gasteiger partial charge is 0.475 e. The molecule has 1 unspecified atom stereocenters. The molecular weight excluding hydrogens is 218 g/mol. The van der Waals surface area contributed by atoms with Gasteiger partial charge in [-0.05, 0) is 26.0 Å². The van der Waals surface area contributed by atoms with Crippen molar-refractivity contribution in [2.24, 2.45) is 4.99 Å². The van der Waals surface area contributed by atoms with Crippen molar-refractivity contribution >= 4 is 11.9 Å². The summed E-state index contributed by atoms with van der Waals surface area (Å²) in [5.41, 5.74) is 2.07. The smallest absolute Gasteiger partial charge is 0.334 e. The van der Waals surface area contributed by atoms with Crippen LogP contribution in [0.4, 0.5) is 0 Å². The van der Waals surface area contributed by atoms with Crippen LogP contribution in [0.25, 0.3) is 0 Å². The van der Waals surface area contributed by atoms with E-state index >= 15 is 0 Å². The number of aryl methyl sites for hydroxylation is 1. The average Bonchev–Trinajstić information content (AvgIpc) is 2.80. The van der Waals surface area contributed by atoms with Crippen molar-refractivity contribution in [1.82, 2.24) is 0 Å². The van der Waals surface area contributed by atoms with Crippen LogP contribution in [0.3, 0.4) is 0 Å². The topological polar surface area (TPSA) is 47.9 Å². The zero-order chi connectivity index (χ0) is 12.3. The number of carbonyl (C=O) groups is 1. The SMILES string of the molecule is CCOC(=O)C1COC(c2ccc(C)cc2)=N1. The molecule has 4 nitrogen and oxygen atoms in total. The molecule has 4 heteroatoms. The summed E-state index contributed by atoms with van der Waals surface area (Å²) < 4.78 is 10.3. The maximum Gasteiger partial charge on any atom is 0.334 e. The molecule has 1 aliphatic heterocycles. The lowest BCUT2D eigenvalue weighted by Gasteiger charge is -2.03. The number of ether oxygens (including phenoxy) is 2. The molecule has 0 aromatic heterocycles. The summed E-state index contributed by atoms with van der Waals surface area (Å²) in [5, 5.41) is 0. The van der Waals surface area contributed by atoms with Crippen LogP contribution in [-0.2, 0) is 14.3 Å². The van der Waals surface area contributed by atoms with E-state index in [9.17, 15) is 4.79 Å². The molecule has 0 aliphatic carbocycles. The average molecular weight is 233 g/mol. The Hall–Kier alpha value is -1.84. The summed E-state index contributed by atoms with van der Waals surface area (Å²) >= 11 is 0. The highest BCUT2D eigenvalue weighted by Crippen LogP contribution is 2.13. The van der Waals surface area contributed by atoms with Crippen LogP contribution >= 0.6 is 0 Å². The van der Waals surface area contributed by atoms with Crippen molar-refractivity contribution in [3.8, 4) is 0 Å². The molecule has 0 saturated heterocycles. The van der Waals surface area contributed by atoms with Gasteiger partial charge in [0.1, 0.15) is 6.61 Å². The molecule has 1 aromatic carbocycles. The first-order chi connectivity index (χ1) is 8.20. The van der Waals surface area contributed by atoms with Crippen LogP contribution in [-0.4, -0.2) is 31.1 Å². The lowest BCUT2D eigenvalue weighted by Crippen LogP contribution is -2.22. The summed E-state index contributed by atoms with van der Waals surface area (Å²) in [6.45, 7) is 4.42. The molecule has 0 amide bonds. The van der Waals surface area contributed by atoms with Gasteiger partial charge in [0.25, 0.3) is 0 Å². The third-order valence-corrected chi connectivity index (χ3v) is 2.51. The highest BCUT2D eigenvalue weighted by atomic mass is 16.5. The van der Waals surface area contributed by atoms with Gasteiger partial charge < -0.3 is 9.47 Å². The summed E-state index contributed by atoms with van der Waals surface area (Å²) in [4.78, 5) is 15.7. The summed E-state index contributed by atoms with van der Waals surface area (Å²) in [6.07, 6.45) is 0. The first-order valence-electron chi connectivity index (χ1n) is 5.65. The minimum absolute atomic E-state index is 0.266. The summed E-state index contributed by atoms with van der Waals surface area (Å²) in [6, 6.07) is 7.31. The van der Waals surface area contributed by atoms with Crippen LogP contribution in [0.2, 0.25) is 0 Å². The van der Waals surface area contributed by atoms with Gasteiger partial charge in [-0.1, -0.05) is 17.7 Å². The molecule has 90 valence electrons. The molecule has 0 spiro atoms. The van der Waals surface area contributed by atoms with Gasteiger partial charge in [-0.25, -0.2) is 9.79 Å². The van der Waals surface area contributed by atoms with Crippen molar-refractivity contribution in [1.29, 1.82) is 0 Å². The maximum absolute atomic E-state index is 11.5. The Morgan fingerprint density at radius 3 is 2.82 bits per heavy atom. The number of rotatable bonds is 3. The van der Waals surface area contributed by atoms with Crippen LogP contribution in [0, 0.1) is 6.92 Å². The third kappa shape index (κ3) is 2.64. The van der Waals surface area contributed by atoms with Gasteiger partial charge in [0.15, 0.2) is 6.04 Å². The maximum atomic E-state index is 11.5. The second kappa shape index (κ2) is 4.99. The number of esters is 1. The molecule has 0 fully saturated rings. The second-order valence-corrected chi connectivity index (χ2v) is 3.88. The van der Waals surface area contributed by atoms with Gasteiger partial charge in [-0.15, -0.1) is 0 Å². The Labute approximate surface area is 100 Å². The van der Waals surface area contributed by atoms with E-state index in [4.69, 9.17) is 9.47 Å². The van der Waals surface area contributed by atoms with E-state index in [1.54, 1.807) is 6.92 Å². The Morgan fingerprint density at radius 1 is 1.47 bits per heavy atom. The lowest BCUT2D eigenvalue weighted by molar-refractivity contribution is -0.144. The van der Waals surface area contributed by atoms with Crippen molar-refractivity contribution in [3.05, 3.63) is 35.4 Å². The number of aliphatic imine (C=N–C) groups is 1. The van der Waals surface area contributed by atoms with E-state index < -0.39 is 6.04 Å². The molecule has 1 aromatic rings. The zero-order valence-electron chi connectivity index (χ0n) is 9.97. The molecule has 1 atom stereocenters. The first-order valence-corrected chi connectivity index (χ1v) is 5.65. The molecule has 1 aliphatic rings. The number of nitrogens with zero attached hydrogens (tertiary/aromatic N) is 1. The van der Waals surface area contributed by atoms with E-state index in [1.165, 1.54) is 5.56 Å². The molecule has 17 heavy (non-hydrogen) atoms. The van der Waals surface area contributed by atoms with Crippen LogP contribution in [0.5, 0.6) is 0 Å². The number of benzene rings is 1. The minimum atomic E-state index is -0.522. The molecule has 0 radical (unpaired) electrons. The fourth-order valence-electron chi connectivity index (χ4n) is 1.59. The quantitative estimate of drug-likeness (QED) is 0.747. The Kier molecular flexibility index (Phi) is 3.42. The molecular formula is C13H15NO3. The van der Waals surface area contributed by atoms with E-state index in [0.717, 1.165) is 5.56 Å². The predicted molar refractivity (Wildman–Crippen MR) is 64.1 cm³/mol. The first kappa shape index (κ1) is 11.6. The zero-order valence-corrected chi connectivity index (χ0v) is 9.97. The minimum Gasteiger partial charge on any atom is -0.475 e. The van der Waals surface area contributed by atoms with Crippen molar-refractivity contribution < 1.29 is 14.3 Å². The van der Waals surface area contributed by atoms with Crippen molar-refractivity contribution in [2.45, 2.75) is 19.9 Å². The molecule has 0 N–H and O–H groups in total.